The minimum Gasteiger partial charge on any atom is -0.385 e. The van der Waals surface area contributed by atoms with E-state index in [1.54, 1.807) is 18.4 Å². The molecule has 0 fully saturated rings. The van der Waals surface area contributed by atoms with Gasteiger partial charge in [0.25, 0.3) is 0 Å². The Bertz CT molecular complexity index is 832. The molecule has 0 atom stereocenters. The number of methoxy groups -OCH3 is 1. The van der Waals surface area contributed by atoms with Crippen LogP contribution in [-0.2, 0) is 22.6 Å². The quantitative estimate of drug-likeness (QED) is 0.594. The summed E-state index contributed by atoms with van der Waals surface area (Å²) in [6, 6.07) is 7.66. The molecule has 1 amide bonds. The minimum atomic E-state index is 0.0301. The summed E-state index contributed by atoms with van der Waals surface area (Å²) < 4.78 is 7.40. The molecular weight excluding hydrogens is 396 g/mol. The van der Waals surface area contributed by atoms with Gasteiger partial charge >= 0.3 is 0 Å². The van der Waals surface area contributed by atoms with Crippen molar-refractivity contribution >= 4 is 34.5 Å². The van der Waals surface area contributed by atoms with E-state index in [9.17, 15) is 4.79 Å². The number of carbonyl (C=O) groups excluding carboxylic acids is 1. The van der Waals surface area contributed by atoms with E-state index < -0.39 is 0 Å². The zero-order valence-corrected chi connectivity index (χ0v) is 18.5. The van der Waals surface area contributed by atoms with Gasteiger partial charge < -0.3 is 14.6 Å². The second kappa shape index (κ2) is 11.4. The molecule has 28 heavy (non-hydrogen) atoms. The smallest absolute Gasteiger partial charge is 0.234 e. The number of thiazole rings is 1. The van der Waals surface area contributed by atoms with Crippen LogP contribution in [0.5, 0.6) is 0 Å². The average molecular weight is 425 g/mol. The lowest BCUT2D eigenvalue weighted by atomic mass is 10.3. The topological polar surface area (TPSA) is 58.9 Å². The monoisotopic (exact) mass is 424 g/mol. The van der Waals surface area contributed by atoms with Gasteiger partial charge in [0, 0.05) is 48.9 Å². The van der Waals surface area contributed by atoms with E-state index in [4.69, 9.17) is 21.3 Å². The first-order valence-electron chi connectivity index (χ1n) is 9.33. The van der Waals surface area contributed by atoms with Crippen LogP contribution in [0.2, 0.25) is 5.02 Å². The van der Waals surface area contributed by atoms with Crippen LogP contribution in [0, 0.1) is 0 Å². The van der Waals surface area contributed by atoms with Crippen molar-refractivity contribution < 1.29 is 9.53 Å². The van der Waals surface area contributed by atoms with E-state index in [2.05, 4.69) is 15.3 Å². The lowest BCUT2D eigenvalue weighted by Gasteiger charge is -2.18. The fourth-order valence-electron chi connectivity index (χ4n) is 2.79. The Kier molecular flexibility index (Phi) is 9.18. The van der Waals surface area contributed by atoms with Crippen molar-refractivity contribution in [3.8, 4) is 0 Å². The molecule has 1 aromatic heterocycles. The van der Waals surface area contributed by atoms with Crippen molar-refractivity contribution in [1.82, 2.24) is 14.8 Å². The molecule has 1 aromatic carbocycles. The maximum Gasteiger partial charge on any atom is 0.234 e. The number of hydrogen-bond donors (Lipinski definition) is 1. The molecule has 2 aromatic rings. The number of ether oxygens (including phenoxy) is 1. The predicted molar refractivity (Wildman–Crippen MR) is 115 cm³/mol. The van der Waals surface area contributed by atoms with Crippen LogP contribution < -0.4 is 10.1 Å². The highest BCUT2D eigenvalue weighted by Gasteiger charge is 2.12. The third-order valence-corrected chi connectivity index (χ3v) is 5.08. The molecule has 0 saturated heterocycles. The molecule has 0 aliphatic heterocycles. The van der Waals surface area contributed by atoms with Crippen molar-refractivity contribution in [3.63, 3.8) is 0 Å². The Morgan fingerprint density at radius 1 is 1.43 bits per heavy atom. The summed E-state index contributed by atoms with van der Waals surface area (Å²) in [7, 11) is 3.66. The Morgan fingerprint density at radius 2 is 2.21 bits per heavy atom. The highest BCUT2D eigenvalue weighted by Crippen LogP contribution is 2.18. The number of hydrogen-bond acceptors (Lipinski definition) is 5. The van der Waals surface area contributed by atoms with Gasteiger partial charge in [-0.25, -0.2) is 4.99 Å². The van der Waals surface area contributed by atoms with Gasteiger partial charge in [-0.2, -0.15) is 0 Å². The molecule has 2 rings (SSSR count). The van der Waals surface area contributed by atoms with Crippen LogP contribution in [0.4, 0.5) is 5.69 Å². The molecule has 0 unspecified atom stereocenters. The Balaban J connectivity index is 2.21. The van der Waals surface area contributed by atoms with E-state index in [0.717, 1.165) is 29.1 Å². The molecule has 6 nitrogen and oxygen atoms in total. The van der Waals surface area contributed by atoms with Crippen LogP contribution in [0.15, 0.2) is 34.6 Å². The Morgan fingerprint density at radius 3 is 2.89 bits per heavy atom. The SMILES string of the molecule is COCCCn1c(CN(C)CC(=O)NC(C)C)csc1=Nc1cccc(Cl)c1. The van der Waals surface area contributed by atoms with Gasteiger partial charge in [-0.3, -0.25) is 9.69 Å². The molecule has 0 bridgehead atoms. The number of nitrogens with zero attached hydrogens (tertiary/aromatic N) is 3. The number of amides is 1. The van der Waals surface area contributed by atoms with Gasteiger partial charge in [0.05, 0.1) is 12.2 Å². The number of rotatable bonds is 10. The molecular formula is C20H29ClN4O2S. The lowest BCUT2D eigenvalue weighted by Crippen LogP contribution is -2.38. The highest BCUT2D eigenvalue weighted by atomic mass is 35.5. The number of nitrogens with one attached hydrogen (secondary N) is 1. The third-order valence-electron chi connectivity index (χ3n) is 3.94. The van der Waals surface area contributed by atoms with Crippen molar-refractivity contribution in [3.05, 3.63) is 45.2 Å². The number of carbonyl (C=O) groups is 1. The summed E-state index contributed by atoms with van der Waals surface area (Å²) in [6.07, 6.45) is 0.889. The van der Waals surface area contributed by atoms with Gasteiger partial charge in [0.1, 0.15) is 0 Å². The number of benzene rings is 1. The Labute approximate surface area is 175 Å². The fourth-order valence-corrected chi connectivity index (χ4v) is 3.91. The fraction of sp³-hybridized carbons (Fsp3) is 0.500. The van der Waals surface area contributed by atoms with Crippen molar-refractivity contribution in [2.24, 2.45) is 4.99 Å². The van der Waals surface area contributed by atoms with Crippen LogP contribution in [0.25, 0.3) is 0 Å². The summed E-state index contributed by atoms with van der Waals surface area (Å²) in [6.45, 7) is 6.44. The first-order valence-corrected chi connectivity index (χ1v) is 10.6. The molecule has 0 spiro atoms. The summed E-state index contributed by atoms with van der Waals surface area (Å²) in [4.78, 5) is 19.7. The largest absolute Gasteiger partial charge is 0.385 e. The number of likely N-dealkylation sites (N-methyl/N-ethyl adjacent to an activating group) is 1. The maximum absolute atomic E-state index is 12.0. The van der Waals surface area contributed by atoms with E-state index in [-0.39, 0.29) is 11.9 Å². The van der Waals surface area contributed by atoms with E-state index in [0.29, 0.717) is 24.7 Å². The molecule has 0 saturated carbocycles. The van der Waals surface area contributed by atoms with Crippen LogP contribution >= 0.6 is 22.9 Å². The summed E-state index contributed by atoms with van der Waals surface area (Å²) in [5.41, 5.74) is 1.95. The highest BCUT2D eigenvalue weighted by molar-refractivity contribution is 7.07. The van der Waals surface area contributed by atoms with Crippen LogP contribution in [0.3, 0.4) is 0 Å². The van der Waals surface area contributed by atoms with Gasteiger partial charge in [-0.15, -0.1) is 11.3 Å². The van der Waals surface area contributed by atoms with E-state index >= 15 is 0 Å². The summed E-state index contributed by atoms with van der Waals surface area (Å²) in [5.74, 6) is 0.0301. The first-order chi connectivity index (χ1) is 13.4. The number of aromatic nitrogens is 1. The normalized spacial score (nSPS) is 12.2. The molecule has 1 heterocycles. The third kappa shape index (κ3) is 7.39. The van der Waals surface area contributed by atoms with Crippen molar-refractivity contribution in [2.45, 2.75) is 39.4 Å². The zero-order chi connectivity index (χ0) is 20.5. The standard InChI is InChI=1S/C20H29ClN4O2S/c1-15(2)22-19(26)13-24(3)12-18-14-28-20(25(18)9-6-10-27-4)23-17-8-5-7-16(21)11-17/h5,7-8,11,14-15H,6,9-10,12-13H2,1-4H3,(H,22,26). The average Bonchev–Trinajstić information content (AvgIpc) is 2.96. The molecule has 0 aliphatic rings. The van der Waals surface area contributed by atoms with Crippen molar-refractivity contribution in [1.29, 1.82) is 0 Å². The zero-order valence-electron chi connectivity index (χ0n) is 16.9. The maximum atomic E-state index is 12.0. The second-order valence-electron chi connectivity index (χ2n) is 6.99. The summed E-state index contributed by atoms with van der Waals surface area (Å²) in [5, 5.41) is 5.70. The predicted octanol–water partition coefficient (Wildman–Crippen LogP) is 3.43. The minimum absolute atomic E-state index is 0.0301. The molecule has 1 N–H and O–H groups in total. The van der Waals surface area contributed by atoms with E-state index in [1.165, 1.54) is 0 Å². The molecule has 0 radical (unpaired) electrons. The first kappa shape index (κ1) is 22.6. The van der Waals surface area contributed by atoms with Gasteiger partial charge in [0.15, 0.2) is 4.80 Å². The Hall–Kier alpha value is -1.67. The second-order valence-corrected chi connectivity index (χ2v) is 8.27. The van der Waals surface area contributed by atoms with Crippen LogP contribution in [-0.4, -0.2) is 48.7 Å². The van der Waals surface area contributed by atoms with Crippen LogP contribution in [0.1, 0.15) is 26.0 Å². The van der Waals surface area contributed by atoms with E-state index in [1.807, 2.05) is 50.1 Å². The number of halogens is 1. The molecule has 0 aliphatic carbocycles. The van der Waals surface area contributed by atoms with Gasteiger partial charge in [-0.1, -0.05) is 17.7 Å². The van der Waals surface area contributed by atoms with Gasteiger partial charge in [-0.05, 0) is 45.5 Å². The van der Waals surface area contributed by atoms with Crippen molar-refractivity contribution in [2.75, 3.05) is 27.3 Å². The molecule has 8 heteroatoms. The lowest BCUT2D eigenvalue weighted by molar-refractivity contribution is -0.122. The van der Waals surface area contributed by atoms with Gasteiger partial charge in [0.2, 0.25) is 5.91 Å². The summed E-state index contributed by atoms with van der Waals surface area (Å²) >= 11 is 7.68. The molecule has 154 valence electrons.